The van der Waals surface area contributed by atoms with Crippen LogP contribution in [0.5, 0.6) is 5.75 Å². The van der Waals surface area contributed by atoms with Crippen molar-refractivity contribution in [2.75, 3.05) is 53.2 Å². The number of aromatic nitrogens is 1. The van der Waals surface area contributed by atoms with Crippen LogP contribution < -0.4 is 15.4 Å². The first-order chi connectivity index (χ1) is 33.4. The molecule has 0 unspecified atom stereocenters. The molecule has 6 rings (SSSR count). The lowest BCUT2D eigenvalue weighted by Crippen LogP contribution is -2.55. The highest BCUT2D eigenvalue weighted by atomic mass is 32.1. The van der Waals surface area contributed by atoms with Crippen molar-refractivity contribution >= 4 is 46.1 Å². The molecule has 3 atom stereocenters. The van der Waals surface area contributed by atoms with E-state index in [4.69, 9.17) is 14.2 Å². The number of thiazole rings is 1. The fraction of sp³-hybridized carbons (Fsp3) is 0.364. The summed E-state index contributed by atoms with van der Waals surface area (Å²) >= 11 is 1.57. The standard InChI is InChI=1S/C55H65N5O8S/c1-6-47(41-16-10-7-11-17-41)51(42-18-12-8-13-19-42)43-24-26-46(27-25-43)68-31-28-59(5)50(63)36-67-30-15-9-14-29-66-35-49(62)58-52(38(2)3)55(65)60-34-45(61)32-48(60)54(64)56-33-40-20-22-44(23-21-40)53-39(4)57-37-69-53/h7-14,16-27,37-38,45,48,52,61H,6,15,28-36H2,1-5H3,(H,56,64)(H,58,62)/b14-9+,51-47-/t45-,48+,52+/m1/s1. The number of nitrogens with zero attached hydrogens (tertiary/aromatic N) is 3. The van der Waals surface area contributed by atoms with Crippen molar-refractivity contribution in [2.24, 2.45) is 5.92 Å². The molecule has 0 aliphatic carbocycles. The number of nitrogens with one attached hydrogen (secondary N) is 2. The minimum absolute atomic E-state index is 0.00880. The van der Waals surface area contributed by atoms with Gasteiger partial charge in [-0.3, -0.25) is 19.2 Å². The van der Waals surface area contributed by atoms with Gasteiger partial charge in [-0.05, 0) is 76.8 Å². The van der Waals surface area contributed by atoms with Crippen LogP contribution in [0.2, 0.25) is 0 Å². The number of aryl methyl sites for hydroxylation is 1. The molecule has 5 aromatic rings. The van der Waals surface area contributed by atoms with Crippen LogP contribution in [0.25, 0.3) is 21.6 Å². The van der Waals surface area contributed by atoms with Crippen LogP contribution in [-0.2, 0) is 35.2 Å². The lowest BCUT2D eigenvalue weighted by molar-refractivity contribution is -0.143. The van der Waals surface area contributed by atoms with E-state index in [0.29, 0.717) is 26.2 Å². The summed E-state index contributed by atoms with van der Waals surface area (Å²) < 4.78 is 17.1. The molecule has 4 aromatic carbocycles. The van der Waals surface area contributed by atoms with Crippen LogP contribution in [0.4, 0.5) is 0 Å². The third-order valence-electron chi connectivity index (χ3n) is 11.9. The van der Waals surface area contributed by atoms with Gasteiger partial charge in [-0.15, -0.1) is 11.3 Å². The zero-order valence-electron chi connectivity index (χ0n) is 40.3. The Morgan fingerprint density at radius 2 is 1.55 bits per heavy atom. The molecule has 0 radical (unpaired) electrons. The zero-order chi connectivity index (χ0) is 49.1. The van der Waals surface area contributed by atoms with Gasteiger partial charge in [0, 0.05) is 26.6 Å². The fourth-order valence-corrected chi connectivity index (χ4v) is 8.94. The smallest absolute Gasteiger partial charge is 0.248 e. The van der Waals surface area contributed by atoms with Gasteiger partial charge in [0.05, 0.1) is 41.9 Å². The summed E-state index contributed by atoms with van der Waals surface area (Å²) in [6.07, 6.45) is 4.26. The van der Waals surface area contributed by atoms with Crippen molar-refractivity contribution in [3.8, 4) is 16.2 Å². The topological polar surface area (TPSA) is 160 Å². The van der Waals surface area contributed by atoms with Gasteiger partial charge in [0.1, 0.15) is 37.7 Å². The van der Waals surface area contributed by atoms with Crippen molar-refractivity contribution in [1.82, 2.24) is 25.4 Å². The summed E-state index contributed by atoms with van der Waals surface area (Å²) in [6.45, 7) is 8.89. The Hall–Kier alpha value is -6.45. The van der Waals surface area contributed by atoms with Crippen LogP contribution in [-0.4, -0.2) is 115 Å². The Balaban J connectivity index is 0.853. The molecule has 69 heavy (non-hydrogen) atoms. The predicted octanol–water partition coefficient (Wildman–Crippen LogP) is 7.72. The molecule has 3 N–H and O–H groups in total. The molecule has 1 aromatic heterocycles. The number of β-amino-alcohol motifs (C(OH)–C–C–N with tert-alkyl or cyclic N) is 1. The number of aliphatic hydroxyl groups excluding tert-OH is 1. The van der Waals surface area contributed by atoms with Gasteiger partial charge in [-0.1, -0.05) is 130 Å². The monoisotopic (exact) mass is 955 g/mol. The minimum Gasteiger partial charge on any atom is -0.492 e. The summed E-state index contributed by atoms with van der Waals surface area (Å²) in [4.78, 5) is 61.0. The average Bonchev–Trinajstić information content (AvgIpc) is 3.99. The highest BCUT2D eigenvalue weighted by molar-refractivity contribution is 7.13. The number of likely N-dealkylation sites (N-methyl/N-ethyl adjacent to an activating group) is 1. The average molecular weight is 956 g/mol. The first-order valence-corrected chi connectivity index (χ1v) is 24.5. The Morgan fingerprint density at radius 1 is 0.870 bits per heavy atom. The number of carbonyl (C=O) groups excluding carboxylic acids is 4. The van der Waals surface area contributed by atoms with E-state index in [1.807, 2.05) is 80.9 Å². The molecule has 0 spiro atoms. The first-order valence-electron chi connectivity index (χ1n) is 23.6. The number of allylic oxidation sites excluding steroid dienone is 1. The second-order valence-electron chi connectivity index (χ2n) is 17.3. The normalized spacial score (nSPS) is 15.5. The van der Waals surface area contributed by atoms with Crippen LogP contribution in [0.1, 0.15) is 68.0 Å². The van der Waals surface area contributed by atoms with Crippen LogP contribution in [0.15, 0.2) is 127 Å². The van der Waals surface area contributed by atoms with Gasteiger partial charge in [0.15, 0.2) is 0 Å². The van der Waals surface area contributed by atoms with E-state index in [1.165, 1.54) is 21.6 Å². The molecule has 4 amide bonds. The van der Waals surface area contributed by atoms with Crippen LogP contribution in [0.3, 0.4) is 0 Å². The van der Waals surface area contributed by atoms with Gasteiger partial charge in [0.2, 0.25) is 23.6 Å². The summed E-state index contributed by atoms with van der Waals surface area (Å²) in [6, 6.07) is 35.1. The lowest BCUT2D eigenvalue weighted by atomic mass is 9.88. The second-order valence-corrected chi connectivity index (χ2v) is 18.2. The van der Waals surface area contributed by atoms with Crippen LogP contribution in [0, 0.1) is 12.8 Å². The highest BCUT2D eigenvalue weighted by Gasteiger charge is 2.42. The van der Waals surface area contributed by atoms with Gasteiger partial charge in [0.25, 0.3) is 0 Å². The number of hydrogen-bond donors (Lipinski definition) is 3. The third-order valence-corrected chi connectivity index (χ3v) is 12.9. The molecule has 0 bridgehead atoms. The van der Waals surface area contributed by atoms with E-state index in [2.05, 4.69) is 83.2 Å². The van der Waals surface area contributed by atoms with E-state index in [-0.39, 0.29) is 57.1 Å². The lowest BCUT2D eigenvalue weighted by Gasteiger charge is -2.30. The Labute approximate surface area is 410 Å². The van der Waals surface area contributed by atoms with Crippen molar-refractivity contribution in [3.63, 3.8) is 0 Å². The number of rotatable bonds is 24. The molecular formula is C55H65N5O8S. The number of hydrogen-bond acceptors (Lipinski definition) is 10. The number of carbonyl (C=O) groups is 4. The third kappa shape index (κ3) is 15.0. The molecular weight excluding hydrogens is 891 g/mol. The van der Waals surface area contributed by atoms with E-state index in [9.17, 15) is 24.3 Å². The summed E-state index contributed by atoms with van der Waals surface area (Å²) in [7, 11) is 1.72. The number of likely N-dealkylation sites (tertiary alicyclic amines) is 1. The van der Waals surface area contributed by atoms with Gasteiger partial charge < -0.3 is 39.8 Å². The zero-order valence-corrected chi connectivity index (χ0v) is 41.1. The fourth-order valence-electron chi connectivity index (χ4n) is 8.13. The molecule has 1 aliphatic heterocycles. The van der Waals surface area contributed by atoms with Gasteiger partial charge in [-0.25, -0.2) is 4.98 Å². The number of amides is 4. The van der Waals surface area contributed by atoms with Crippen molar-refractivity contribution < 1.29 is 38.5 Å². The van der Waals surface area contributed by atoms with Gasteiger partial charge in [-0.2, -0.15) is 0 Å². The van der Waals surface area contributed by atoms with E-state index < -0.39 is 30.0 Å². The summed E-state index contributed by atoms with van der Waals surface area (Å²) in [5.74, 6) is -1.00. The molecule has 1 aliphatic rings. The number of aliphatic hydroxyl groups is 1. The van der Waals surface area contributed by atoms with E-state index in [1.54, 1.807) is 29.4 Å². The number of ether oxygens (including phenoxy) is 3. The summed E-state index contributed by atoms with van der Waals surface area (Å²) in [5.41, 5.74) is 10.6. The summed E-state index contributed by atoms with van der Waals surface area (Å²) in [5, 5.41) is 16.2. The molecule has 364 valence electrons. The maximum Gasteiger partial charge on any atom is 0.248 e. The maximum absolute atomic E-state index is 13.8. The molecule has 13 nitrogen and oxygen atoms in total. The Bertz CT molecular complexity index is 2490. The maximum atomic E-state index is 13.8. The molecule has 2 heterocycles. The highest BCUT2D eigenvalue weighted by Crippen LogP contribution is 2.35. The van der Waals surface area contributed by atoms with E-state index >= 15 is 0 Å². The Kier molecular flexibility index (Phi) is 19.8. The quantitative estimate of drug-likeness (QED) is 0.0320. The minimum atomic E-state index is -0.916. The first kappa shape index (κ1) is 51.9. The number of benzene rings is 4. The second kappa shape index (κ2) is 26.3. The molecule has 1 saturated heterocycles. The van der Waals surface area contributed by atoms with Crippen molar-refractivity contribution in [2.45, 2.75) is 71.7 Å². The molecule has 14 heteroatoms. The Morgan fingerprint density at radius 3 is 2.20 bits per heavy atom. The largest absolute Gasteiger partial charge is 0.492 e. The predicted molar refractivity (Wildman–Crippen MR) is 271 cm³/mol. The SMILES string of the molecule is CC/C(=C(\c1ccccc1)c1ccc(OCCN(C)C(=O)COCC/C=C/COCC(=O)N[C@H](C(=O)N2C[C@H](O)C[C@H]2C(=O)NCc2ccc(-c3scnc3C)cc2)C(C)C)cc1)c1ccccc1. The van der Waals surface area contributed by atoms with Crippen molar-refractivity contribution in [3.05, 3.63) is 155 Å². The van der Waals surface area contributed by atoms with Crippen molar-refractivity contribution in [1.29, 1.82) is 0 Å². The van der Waals surface area contributed by atoms with E-state index in [0.717, 1.165) is 45.0 Å². The molecule has 1 fully saturated rings. The van der Waals surface area contributed by atoms with Gasteiger partial charge >= 0.3 is 0 Å². The molecule has 0 saturated carbocycles. The van der Waals surface area contributed by atoms with Crippen LogP contribution >= 0.6 is 11.3 Å².